The van der Waals surface area contributed by atoms with Gasteiger partial charge in [0, 0.05) is 30.7 Å². The van der Waals surface area contributed by atoms with E-state index in [0.717, 1.165) is 31.7 Å². The molecule has 3 nitrogen and oxygen atoms in total. The van der Waals surface area contributed by atoms with Crippen LogP contribution in [0.4, 0.5) is 0 Å². The smallest absolute Gasteiger partial charge is 0.0733 e. The summed E-state index contributed by atoms with van der Waals surface area (Å²) in [4.78, 5) is 2.36. The molecule has 0 aliphatic carbocycles. The number of likely N-dealkylation sites (N-methyl/N-ethyl adjacent to an activating group) is 1. The topological polar surface area (TPSA) is 32.7 Å². The Balaban J connectivity index is 1.63. The van der Waals surface area contributed by atoms with Gasteiger partial charge in [-0.2, -0.15) is 23.5 Å². The molecule has 0 aromatic carbocycles. The van der Waals surface area contributed by atoms with E-state index in [4.69, 9.17) is 4.74 Å². The van der Waals surface area contributed by atoms with E-state index in [2.05, 4.69) is 11.9 Å². The molecule has 20 heavy (non-hydrogen) atoms. The van der Waals surface area contributed by atoms with E-state index in [-0.39, 0.29) is 11.7 Å². The zero-order chi connectivity index (χ0) is 14.0. The zero-order valence-electron chi connectivity index (χ0n) is 12.4. The molecular weight excluding hydrogens is 290 g/mol. The van der Waals surface area contributed by atoms with Crippen molar-refractivity contribution >= 4 is 23.5 Å². The van der Waals surface area contributed by atoms with Gasteiger partial charge in [0.1, 0.15) is 0 Å². The molecule has 3 rings (SSSR count). The number of rotatable bonds is 2. The van der Waals surface area contributed by atoms with E-state index in [1.807, 2.05) is 23.5 Å². The van der Waals surface area contributed by atoms with Crippen LogP contribution in [-0.2, 0) is 4.74 Å². The summed E-state index contributed by atoms with van der Waals surface area (Å²) in [5.74, 6) is 5.16. The normalized spacial score (nSPS) is 36.9. The lowest BCUT2D eigenvalue weighted by atomic mass is 9.78. The molecule has 3 aliphatic heterocycles. The lowest BCUT2D eigenvalue weighted by Crippen LogP contribution is -2.53. The highest BCUT2D eigenvalue weighted by Gasteiger charge is 2.43. The van der Waals surface area contributed by atoms with Crippen molar-refractivity contribution < 1.29 is 9.84 Å². The van der Waals surface area contributed by atoms with E-state index in [1.165, 1.54) is 30.1 Å². The number of aliphatic hydroxyl groups is 1. The van der Waals surface area contributed by atoms with Crippen molar-refractivity contribution in [2.24, 2.45) is 5.92 Å². The minimum absolute atomic E-state index is 0.0928. The Morgan fingerprint density at radius 3 is 2.80 bits per heavy atom. The highest BCUT2D eigenvalue weighted by atomic mass is 32.2. The fraction of sp³-hybridized carbons (Fsp3) is 1.00. The van der Waals surface area contributed by atoms with Crippen molar-refractivity contribution in [3.05, 3.63) is 0 Å². The van der Waals surface area contributed by atoms with Gasteiger partial charge in [0.05, 0.1) is 11.7 Å². The monoisotopic (exact) mass is 317 g/mol. The molecule has 1 N–H and O–H groups in total. The van der Waals surface area contributed by atoms with Crippen LogP contribution in [0.15, 0.2) is 0 Å². The molecule has 3 atom stereocenters. The molecule has 0 radical (unpaired) electrons. The van der Waals surface area contributed by atoms with Gasteiger partial charge in [-0.15, -0.1) is 0 Å². The van der Waals surface area contributed by atoms with Crippen LogP contribution in [0.1, 0.15) is 25.7 Å². The molecule has 0 aromatic heterocycles. The molecular formula is C15H27NO2S2. The molecule has 5 heteroatoms. The summed E-state index contributed by atoms with van der Waals surface area (Å²) in [5.41, 5.74) is 0.0928. The first-order valence-electron chi connectivity index (χ1n) is 7.88. The molecule has 3 heterocycles. The van der Waals surface area contributed by atoms with Crippen molar-refractivity contribution in [1.82, 2.24) is 4.90 Å². The van der Waals surface area contributed by atoms with Crippen LogP contribution in [0.3, 0.4) is 0 Å². The molecule has 3 aliphatic rings. The standard InChI is InChI=1S/C15H27NO2S2/c1-16-5-9-20-11-13(16)14(17)12-2-6-18-15(10-12)3-7-19-8-4-15/h12-14,17H,2-11H2,1H3. The Hall–Kier alpha value is 0.580. The third kappa shape index (κ3) is 3.32. The van der Waals surface area contributed by atoms with Crippen LogP contribution >= 0.6 is 23.5 Å². The van der Waals surface area contributed by atoms with Crippen molar-refractivity contribution in [3.8, 4) is 0 Å². The van der Waals surface area contributed by atoms with E-state index in [1.54, 1.807) is 0 Å². The molecule has 3 unspecified atom stereocenters. The van der Waals surface area contributed by atoms with Crippen LogP contribution in [0.25, 0.3) is 0 Å². The summed E-state index contributed by atoms with van der Waals surface area (Å²) >= 11 is 4.04. The highest BCUT2D eigenvalue weighted by molar-refractivity contribution is 7.99. The Labute approximate surface area is 131 Å². The number of thioether (sulfide) groups is 2. The van der Waals surface area contributed by atoms with Crippen LogP contribution in [0.5, 0.6) is 0 Å². The second-order valence-electron chi connectivity index (χ2n) is 6.51. The zero-order valence-corrected chi connectivity index (χ0v) is 14.1. The van der Waals surface area contributed by atoms with Gasteiger partial charge in [-0.05, 0) is 50.2 Å². The van der Waals surface area contributed by atoms with Gasteiger partial charge in [0.2, 0.25) is 0 Å². The molecule has 0 amide bonds. The van der Waals surface area contributed by atoms with Gasteiger partial charge in [-0.1, -0.05) is 0 Å². The lowest BCUT2D eigenvalue weighted by Gasteiger charge is -2.47. The van der Waals surface area contributed by atoms with Crippen LogP contribution < -0.4 is 0 Å². The third-order valence-corrected chi connectivity index (χ3v) is 7.29. The van der Waals surface area contributed by atoms with Crippen LogP contribution in [0.2, 0.25) is 0 Å². The van der Waals surface area contributed by atoms with Crippen molar-refractivity contribution in [2.75, 3.05) is 43.2 Å². The first kappa shape index (κ1) is 15.5. The number of aliphatic hydroxyl groups excluding tert-OH is 1. The first-order valence-corrected chi connectivity index (χ1v) is 10.2. The summed E-state index contributed by atoms with van der Waals surface area (Å²) in [5, 5.41) is 10.9. The second-order valence-corrected chi connectivity index (χ2v) is 8.88. The Morgan fingerprint density at radius 1 is 1.25 bits per heavy atom. The molecule has 0 aromatic rings. The molecule has 1 spiro atoms. The van der Waals surface area contributed by atoms with E-state index in [0.29, 0.717) is 12.0 Å². The predicted molar refractivity (Wildman–Crippen MR) is 87.7 cm³/mol. The number of hydrogen-bond donors (Lipinski definition) is 1. The largest absolute Gasteiger partial charge is 0.391 e. The van der Waals surface area contributed by atoms with Crippen molar-refractivity contribution in [1.29, 1.82) is 0 Å². The highest BCUT2D eigenvalue weighted by Crippen LogP contribution is 2.41. The van der Waals surface area contributed by atoms with Gasteiger partial charge in [-0.3, -0.25) is 4.90 Å². The maximum atomic E-state index is 10.9. The van der Waals surface area contributed by atoms with Gasteiger partial charge >= 0.3 is 0 Å². The minimum Gasteiger partial charge on any atom is -0.391 e. The van der Waals surface area contributed by atoms with Gasteiger partial charge < -0.3 is 9.84 Å². The van der Waals surface area contributed by atoms with Gasteiger partial charge in [0.15, 0.2) is 0 Å². The Bertz CT molecular complexity index is 317. The molecule has 0 saturated carbocycles. The fourth-order valence-corrected chi connectivity index (χ4v) is 6.34. The molecule has 3 fully saturated rings. The van der Waals surface area contributed by atoms with E-state index in [9.17, 15) is 5.11 Å². The number of hydrogen-bond acceptors (Lipinski definition) is 5. The second kappa shape index (κ2) is 6.78. The SMILES string of the molecule is CN1CCSCC1C(O)C1CCOC2(CCSCC2)C1. The van der Waals surface area contributed by atoms with Crippen molar-refractivity contribution in [3.63, 3.8) is 0 Å². The summed E-state index contributed by atoms with van der Waals surface area (Å²) in [7, 11) is 2.17. The summed E-state index contributed by atoms with van der Waals surface area (Å²) in [6.07, 6.45) is 4.28. The lowest BCUT2D eigenvalue weighted by molar-refractivity contribution is -0.127. The Kier molecular flexibility index (Phi) is 5.24. The third-order valence-electron chi connectivity index (χ3n) is 5.26. The van der Waals surface area contributed by atoms with Crippen LogP contribution in [-0.4, -0.2) is 71.0 Å². The van der Waals surface area contributed by atoms with Crippen molar-refractivity contribution in [2.45, 2.75) is 43.4 Å². The first-order chi connectivity index (χ1) is 9.70. The number of ether oxygens (including phenoxy) is 1. The average molecular weight is 318 g/mol. The van der Waals surface area contributed by atoms with E-state index < -0.39 is 0 Å². The maximum absolute atomic E-state index is 10.9. The molecule has 3 saturated heterocycles. The van der Waals surface area contributed by atoms with Crippen LogP contribution in [0, 0.1) is 5.92 Å². The summed E-state index contributed by atoms with van der Waals surface area (Å²) in [6.45, 7) is 1.95. The minimum atomic E-state index is -0.178. The summed E-state index contributed by atoms with van der Waals surface area (Å²) in [6, 6.07) is 0.340. The molecule has 116 valence electrons. The predicted octanol–water partition coefficient (Wildman–Crippen LogP) is 2.09. The summed E-state index contributed by atoms with van der Waals surface area (Å²) < 4.78 is 6.16. The quantitative estimate of drug-likeness (QED) is 0.843. The van der Waals surface area contributed by atoms with E-state index >= 15 is 0 Å². The average Bonchev–Trinajstić information content (AvgIpc) is 2.48. The number of nitrogens with zero attached hydrogens (tertiary/aromatic N) is 1. The van der Waals surface area contributed by atoms with Gasteiger partial charge in [-0.25, -0.2) is 0 Å². The Morgan fingerprint density at radius 2 is 2.05 bits per heavy atom. The molecule has 0 bridgehead atoms. The van der Waals surface area contributed by atoms with Gasteiger partial charge in [0.25, 0.3) is 0 Å². The fourth-order valence-electron chi connectivity index (χ4n) is 3.83. The maximum Gasteiger partial charge on any atom is 0.0733 e.